The van der Waals surface area contributed by atoms with Gasteiger partial charge in [-0.25, -0.2) is 0 Å². The minimum absolute atomic E-state index is 0.488. The van der Waals surface area contributed by atoms with Crippen LogP contribution in [0.2, 0.25) is 0 Å². The van der Waals surface area contributed by atoms with Gasteiger partial charge >= 0.3 is 0 Å². The van der Waals surface area contributed by atoms with Crippen LogP contribution in [0.5, 0.6) is 0 Å². The van der Waals surface area contributed by atoms with Crippen molar-refractivity contribution in [1.29, 1.82) is 0 Å². The van der Waals surface area contributed by atoms with E-state index in [0.29, 0.717) is 0 Å². The second kappa shape index (κ2) is 5.99. The molecule has 0 bridgehead atoms. The van der Waals surface area contributed by atoms with E-state index in [2.05, 4.69) is 81.9 Å². The summed E-state index contributed by atoms with van der Waals surface area (Å²) < 4.78 is 0. The molecule has 0 saturated carbocycles. The molecule has 3 heterocycles. The SMILES string of the molecule is c1ccc(C2(c3ccncc3)Nc3ccccc3C3=NCCCN32)cc1. The van der Waals surface area contributed by atoms with Crippen LogP contribution in [-0.4, -0.2) is 28.8 Å². The summed E-state index contributed by atoms with van der Waals surface area (Å²) in [6.07, 6.45) is 4.78. The highest BCUT2D eigenvalue weighted by Crippen LogP contribution is 2.43. The Morgan fingerprint density at radius 1 is 0.846 bits per heavy atom. The maximum atomic E-state index is 4.93. The van der Waals surface area contributed by atoms with Crippen LogP contribution in [0.4, 0.5) is 5.69 Å². The van der Waals surface area contributed by atoms with Crippen molar-refractivity contribution in [1.82, 2.24) is 9.88 Å². The third-order valence-corrected chi connectivity index (χ3v) is 5.24. The first-order valence-electron chi connectivity index (χ1n) is 9.05. The third kappa shape index (κ3) is 2.15. The van der Waals surface area contributed by atoms with Crippen molar-refractivity contribution in [2.75, 3.05) is 18.4 Å². The maximum absolute atomic E-state index is 4.93. The number of hydrogen-bond acceptors (Lipinski definition) is 4. The van der Waals surface area contributed by atoms with E-state index in [1.54, 1.807) is 0 Å². The number of aliphatic imine (C=N–C) groups is 1. The monoisotopic (exact) mass is 340 g/mol. The number of fused-ring (bicyclic) bond motifs is 3. The molecule has 0 aliphatic carbocycles. The van der Waals surface area contributed by atoms with Crippen molar-refractivity contribution in [2.24, 2.45) is 4.99 Å². The lowest BCUT2D eigenvalue weighted by Crippen LogP contribution is -2.59. The molecule has 0 radical (unpaired) electrons. The fourth-order valence-corrected chi connectivity index (χ4v) is 4.11. The molecule has 2 aromatic carbocycles. The van der Waals surface area contributed by atoms with Crippen molar-refractivity contribution in [2.45, 2.75) is 12.1 Å². The molecule has 4 nitrogen and oxygen atoms in total. The van der Waals surface area contributed by atoms with Gasteiger partial charge in [0.15, 0.2) is 5.66 Å². The molecule has 128 valence electrons. The van der Waals surface area contributed by atoms with Gasteiger partial charge in [0, 0.05) is 47.9 Å². The van der Waals surface area contributed by atoms with Gasteiger partial charge in [-0.05, 0) is 30.7 Å². The predicted molar refractivity (Wildman–Crippen MR) is 104 cm³/mol. The molecule has 1 N–H and O–H groups in total. The summed E-state index contributed by atoms with van der Waals surface area (Å²) in [6.45, 7) is 1.83. The highest BCUT2D eigenvalue weighted by molar-refractivity contribution is 6.06. The summed E-state index contributed by atoms with van der Waals surface area (Å²) in [7, 11) is 0. The maximum Gasteiger partial charge on any atom is 0.165 e. The van der Waals surface area contributed by atoms with Gasteiger partial charge in [0.2, 0.25) is 0 Å². The molecule has 0 fully saturated rings. The average molecular weight is 340 g/mol. The first-order chi connectivity index (χ1) is 12.9. The first kappa shape index (κ1) is 15.1. The molecule has 1 unspecified atom stereocenters. The second-order valence-corrected chi connectivity index (χ2v) is 6.69. The number of rotatable bonds is 2. The van der Waals surface area contributed by atoms with Gasteiger partial charge in [0.1, 0.15) is 5.84 Å². The van der Waals surface area contributed by atoms with E-state index < -0.39 is 5.66 Å². The molecule has 4 heteroatoms. The molecular formula is C22H20N4. The molecule has 1 aromatic heterocycles. The average Bonchev–Trinajstić information content (AvgIpc) is 2.74. The third-order valence-electron chi connectivity index (χ3n) is 5.24. The predicted octanol–water partition coefficient (Wildman–Crippen LogP) is 3.86. The standard InChI is InChI=1S/C22H20N4/c1-2-7-17(8-3-1)22(18-11-14-23-15-12-18)25-20-10-5-4-9-19(20)21-24-13-6-16-26(21)22/h1-5,7-12,14-15,25H,6,13,16H2. The fourth-order valence-electron chi connectivity index (χ4n) is 4.11. The topological polar surface area (TPSA) is 40.5 Å². The largest absolute Gasteiger partial charge is 0.354 e. The first-order valence-corrected chi connectivity index (χ1v) is 9.05. The number of aromatic nitrogens is 1. The summed E-state index contributed by atoms with van der Waals surface area (Å²) >= 11 is 0. The quantitative estimate of drug-likeness (QED) is 0.770. The van der Waals surface area contributed by atoms with E-state index >= 15 is 0 Å². The number of nitrogens with one attached hydrogen (secondary N) is 1. The molecule has 0 spiro atoms. The van der Waals surface area contributed by atoms with Gasteiger partial charge in [0.05, 0.1) is 0 Å². The Morgan fingerprint density at radius 3 is 2.42 bits per heavy atom. The van der Waals surface area contributed by atoms with Crippen molar-refractivity contribution in [3.8, 4) is 0 Å². The molecule has 0 saturated heterocycles. The Balaban J connectivity index is 1.82. The molecule has 2 aliphatic heterocycles. The van der Waals surface area contributed by atoms with E-state index in [-0.39, 0.29) is 0 Å². The summed E-state index contributed by atoms with van der Waals surface area (Å²) in [5.74, 6) is 1.08. The van der Waals surface area contributed by atoms with Crippen LogP contribution >= 0.6 is 0 Å². The molecule has 3 aromatic rings. The molecule has 1 atom stereocenters. The highest BCUT2D eigenvalue weighted by atomic mass is 15.4. The van der Waals surface area contributed by atoms with Crippen LogP contribution in [0.3, 0.4) is 0 Å². The molecule has 0 amide bonds. The minimum atomic E-state index is -0.488. The van der Waals surface area contributed by atoms with E-state index in [0.717, 1.165) is 31.0 Å². The van der Waals surface area contributed by atoms with Crippen LogP contribution in [0.25, 0.3) is 0 Å². The number of anilines is 1. The van der Waals surface area contributed by atoms with Crippen LogP contribution in [-0.2, 0) is 5.66 Å². The van der Waals surface area contributed by atoms with E-state index in [4.69, 9.17) is 4.99 Å². The summed E-state index contributed by atoms with van der Waals surface area (Å²) in [6, 6.07) is 23.3. The Bertz CT molecular complexity index is 911. The Hall–Kier alpha value is -3.14. The molecule has 2 aliphatic rings. The zero-order chi connectivity index (χ0) is 17.4. The Kier molecular flexibility index (Phi) is 3.49. The van der Waals surface area contributed by atoms with E-state index in [1.165, 1.54) is 16.7 Å². The van der Waals surface area contributed by atoms with Crippen LogP contribution in [0.15, 0.2) is 84.1 Å². The summed E-state index contributed by atoms with van der Waals surface area (Å²) in [4.78, 5) is 11.6. The number of benzene rings is 2. The minimum Gasteiger partial charge on any atom is -0.354 e. The Labute approximate surface area is 153 Å². The van der Waals surface area contributed by atoms with Crippen molar-refractivity contribution in [3.63, 3.8) is 0 Å². The van der Waals surface area contributed by atoms with Crippen LogP contribution in [0, 0.1) is 0 Å². The smallest absolute Gasteiger partial charge is 0.165 e. The number of amidine groups is 1. The van der Waals surface area contributed by atoms with Crippen molar-refractivity contribution < 1.29 is 0 Å². The van der Waals surface area contributed by atoms with Gasteiger partial charge in [-0.2, -0.15) is 0 Å². The Morgan fingerprint density at radius 2 is 1.58 bits per heavy atom. The normalized spacial score (nSPS) is 21.2. The number of pyridine rings is 1. The van der Waals surface area contributed by atoms with E-state index in [1.807, 2.05) is 12.4 Å². The lowest BCUT2D eigenvalue weighted by atomic mass is 9.85. The number of para-hydroxylation sites is 1. The lowest BCUT2D eigenvalue weighted by Gasteiger charge is -2.52. The number of nitrogens with zero attached hydrogens (tertiary/aromatic N) is 3. The second-order valence-electron chi connectivity index (χ2n) is 6.69. The highest BCUT2D eigenvalue weighted by Gasteiger charge is 2.46. The molecular weight excluding hydrogens is 320 g/mol. The lowest BCUT2D eigenvalue weighted by molar-refractivity contribution is 0.235. The van der Waals surface area contributed by atoms with Crippen molar-refractivity contribution >= 4 is 11.5 Å². The summed E-state index contributed by atoms with van der Waals surface area (Å²) in [5.41, 5.74) is 4.17. The van der Waals surface area contributed by atoms with Crippen molar-refractivity contribution in [3.05, 3.63) is 95.8 Å². The van der Waals surface area contributed by atoms with Gasteiger partial charge in [-0.15, -0.1) is 0 Å². The van der Waals surface area contributed by atoms with Gasteiger partial charge in [-0.1, -0.05) is 42.5 Å². The van der Waals surface area contributed by atoms with E-state index in [9.17, 15) is 0 Å². The zero-order valence-corrected chi connectivity index (χ0v) is 14.5. The van der Waals surface area contributed by atoms with Gasteiger partial charge in [-0.3, -0.25) is 9.98 Å². The molecule has 26 heavy (non-hydrogen) atoms. The zero-order valence-electron chi connectivity index (χ0n) is 14.5. The molecule has 5 rings (SSSR count). The fraction of sp³-hybridized carbons (Fsp3) is 0.182. The number of hydrogen-bond donors (Lipinski definition) is 1. The van der Waals surface area contributed by atoms with Crippen LogP contribution < -0.4 is 5.32 Å². The van der Waals surface area contributed by atoms with Gasteiger partial charge in [0.25, 0.3) is 0 Å². The van der Waals surface area contributed by atoms with Crippen LogP contribution in [0.1, 0.15) is 23.1 Å². The van der Waals surface area contributed by atoms with Gasteiger partial charge < -0.3 is 10.2 Å². The summed E-state index contributed by atoms with van der Waals surface area (Å²) in [5, 5.41) is 3.86.